The summed E-state index contributed by atoms with van der Waals surface area (Å²) in [4.78, 5) is 23.6. The van der Waals surface area contributed by atoms with Crippen LogP contribution in [-0.4, -0.2) is 39.1 Å². The minimum absolute atomic E-state index is 0.147. The molecule has 9 heteroatoms. The van der Waals surface area contributed by atoms with E-state index in [2.05, 4.69) is 26.6 Å². The van der Waals surface area contributed by atoms with Crippen molar-refractivity contribution in [3.8, 4) is 5.75 Å². The van der Waals surface area contributed by atoms with E-state index >= 15 is 0 Å². The maximum Gasteiger partial charge on any atom is 0.257 e. The number of hydrogen-bond donors (Lipinski definition) is 2. The van der Waals surface area contributed by atoms with Crippen molar-refractivity contribution in [1.29, 1.82) is 0 Å². The summed E-state index contributed by atoms with van der Waals surface area (Å²) in [5, 5.41) is 5.15. The van der Waals surface area contributed by atoms with Gasteiger partial charge in [-0.05, 0) is 36.8 Å². The fourth-order valence-electron chi connectivity index (χ4n) is 2.39. The minimum atomic E-state index is -3.63. The molecule has 0 unspecified atom stereocenters. The van der Waals surface area contributed by atoms with Crippen LogP contribution < -0.4 is 15.4 Å². The Balaban J connectivity index is 1.93. The number of hydrogen-bond acceptors (Lipinski definition) is 5. The highest BCUT2D eigenvalue weighted by Crippen LogP contribution is 2.18. The first-order valence-electron chi connectivity index (χ1n) is 8.51. The van der Waals surface area contributed by atoms with E-state index in [0.717, 1.165) is 4.47 Å². The van der Waals surface area contributed by atoms with Crippen LogP contribution >= 0.6 is 15.9 Å². The molecule has 0 bridgehead atoms. The number of likely N-dealkylation sites (N-methyl/N-ethyl adjacent to an activating group) is 1. The molecule has 0 saturated carbocycles. The molecule has 0 atom stereocenters. The monoisotopic (exact) mass is 468 g/mol. The number of carbonyl (C=O) groups excluding carboxylic acids is 2. The number of ether oxygens (including phenoxy) is 1. The highest BCUT2D eigenvalue weighted by atomic mass is 79.9. The number of halogens is 1. The molecular weight excluding hydrogens is 448 g/mol. The average molecular weight is 469 g/mol. The predicted octanol–water partition coefficient (Wildman–Crippen LogP) is 2.52. The van der Waals surface area contributed by atoms with Crippen molar-refractivity contribution < 1.29 is 22.7 Å². The van der Waals surface area contributed by atoms with Gasteiger partial charge < -0.3 is 15.4 Å². The van der Waals surface area contributed by atoms with Gasteiger partial charge in [-0.1, -0.05) is 34.1 Å². The third-order valence-electron chi connectivity index (χ3n) is 3.49. The molecule has 0 aromatic heterocycles. The van der Waals surface area contributed by atoms with E-state index in [1.807, 2.05) is 0 Å². The Labute approximate surface area is 172 Å². The summed E-state index contributed by atoms with van der Waals surface area (Å²) in [6.07, 6.45) is 0. The first-order valence-corrected chi connectivity index (χ1v) is 11.1. The molecule has 0 aliphatic rings. The van der Waals surface area contributed by atoms with E-state index in [-0.39, 0.29) is 18.3 Å². The second-order valence-electron chi connectivity index (χ2n) is 5.98. The number of nitrogens with one attached hydrogen (secondary N) is 2. The first kappa shape index (κ1) is 21.9. The largest absolute Gasteiger partial charge is 0.484 e. The maximum atomic E-state index is 12.3. The van der Waals surface area contributed by atoms with Gasteiger partial charge in [0, 0.05) is 22.8 Å². The van der Waals surface area contributed by atoms with Crippen molar-refractivity contribution in [2.24, 2.45) is 0 Å². The van der Waals surface area contributed by atoms with Crippen LogP contribution in [0.15, 0.2) is 53.0 Å². The molecule has 7 nitrogen and oxygen atoms in total. The minimum Gasteiger partial charge on any atom is -0.484 e. The lowest BCUT2D eigenvalue weighted by molar-refractivity contribution is -0.123. The molecule has 2 N–H and O–H groups in total. The second-order valence-corrected chi connectivity index (χ2v) is 8.96. The molecule has 150 valence electrons. The zero-order valence-electron chi connectivity index (χ0n) is 15.3. The topological polar surface area (TPSA) is 102 Å². The fourth-order valence-corrected chi connectivity index (χ4v) is 4.10. The van der Waals surface area contributed by atoms with E-state index in [1.54, 1.807) is 49.4 Å². The van der Waals surface area contributed by atoms with Crippen LogP contribution in [-0.2, 0) is 25.2 Å². The molecule has 0 radical (unpaired) electrons. The van der Waals surface area contributed by atoms with Gasteiger partial charge in [0.15, 0.2) is 16.4 Å². The quantitative estimate of drug-likeness (QED) is 0.588. The summed E-state index contributed by atoms with van der Waals surface area (Å²) in [5.74, 6) is -1.37. The van der Waals surface area contributed by atoms with Gasteiger partial charge in [0.1, 0.15) is 11.5 Å². The van der Waals surface area contributed by atoms with E-state index in [0.29, 0.717) is 23.5 Å². The van der Waals surface area contributed by atoms with Gasteiger partial charge in [0.25, 0.3) is 5.91 Å². The number of carbonyl (C=O) groups is 2. The highest BCUT2D eigenvalue weighted by molar-refractivity contribution is 9.10. The van der Waals surface area contributed by atoms with Crippen molar-refractivity contribution in [2.75, 3.05) is 24.2 Å². The van der Waals surface area contributed by atoms with Crippen LogP contribution in [0.5, 0.6) is 5.75 Å². The Kier molecular flexibility index (Phi) is 8.01. The molecule has 0 aliphatic heterocycles. The van der Waals surface area contributed by atoms with Gasteiger partial charge in [-0.2, -0.15) is 0 Å². The van der Waals surface area contributed by atoms with Gasteiger partial charge in [-0.25, -0.2) is 8.42 Å². The number of benzene rings is 2. The predicted molar refractivity (Wildman–Crippen MR) is 111 cm³/mol. The van der Waals surface area contributed by atoms with Crippen molar-refractivity contribution in [2.45, 2.75) is 12.7 Å². The highest BCUT2D eigenvalue weighted by Gasteiger charge is 2.18. The van der Waals surface area contributed by atoms with Gasteiger partial charge in [-0.3, -0.25) is 9.59 Å². The Bertz CT molecular complexity index is 947. The molecule has 2 amide bonds. The summed E-state index contributed by atoms with van der Waals surface area (Å²) in [6.45, 7) is 2.16. The number of anilines is 1. The summed E-state index contributed by atoms with van der Waals surface area (Å²) >= 11 is 3.29. The number of sulfone groups is 1. The SMILES string of the molecule is CCNC(=O)COc1cccc(NC(=O)CS(=O)(=O)Cc2cccc(Br)c2)c1. The molecule has 0 saturated heterocycles. The van der Waals surface area contributed by atoms with Crippen molar-refractivity contribution in [1.82, 2.24) is 5.32 Å². The third-order valence-corrected chi connectivity index (χ3v) is 5.46. The molecule has 2 aromatic rings. The van der Waals surface area contributed by atoms with E-state index in [9.17, 15) is 18.0 Å². The lowest BCUT2D eigenvalue weighted by Gasteiger charge is -2.10. The first-order chi connectivity index (χ1) is 13.3. The Hall–Kier alpha value is -2.39. The van der Waals surface area contributed by atoms with Crippen LogP contribution in [0.1, 0.15) is 12.5 Å². The molecule has 0 fully saturated rings. The zero-order chi connectivity index (χ0) is 20.6. The molecule has 0 spiro atoms. The summed E-state index contributed by atoms with van der Waals surface area (Å²) in [5.41, 5.74) is 0.985. The second kappa shape index (κ2) is 10.2. The lowest BCUT2D eigenvalue weighted by Crippen LogP contribution is -2.28. The standard InChI is InChI=1S/C19H21BrN2O5S/c1-2-21-18(23)11-27-17-8-4-7-16(10-17)22-19(24)13-28(25,26)12-14-5-3-6-15(20)9-14/h3-10H,2,11-13H2,1H3,(H,21,23)(H,22,24). The van der Waals surface area contributed by atoms with Crippen LogP contribution in [0.4, 0.5) is 5.69 Å². The van der Waals surface area contributed by atoms with Crippen molar-refractivity contribution in [3.63, 3.8) is 0 Å². The van der Waals surface area contributed by atoms with Gasteiger partial charge in [0.2, 0.25) is 5.91 Å². The lowest BCUT2D eigenvalue weighted by atomic mass is 10.2. The summed E-state index contributed by atoms with van der Waals surface area (Å²) in [6, 6.07) is 13.3. The molecular formula is C19H21BrN2O5S. The van der Waals surface area contributed by atoms with Crippen molar-refractivity contribution in [3.05, 3.63) is 58.6 Å². The summed E-state index contributed by atoms with van der Waals surface area (Å²) in [7, 11) is -3.63. The Morgan fingerprint density at radius 2 is 1.82 bits per heavy atom. The van der Waals surface area contributed by atoms with Gasteiger partial charge in [0.05, 0.1) is 5.75 Å². The van der Waals surface area contributed by atoms with Crippen LogP contribution in [0.25, 0.3) is 0 Å². The van der Waals surface area contributed by atoms with Crippen LogP contribution in [0.3, 0.4) is 0 Å². The summed E-state index contributed by atoms with van der Waals surface area (Å²) < 4.78 is 30.7. The molecule has 28 heavy (non-hydrogen) atoms. The Morgan fingerprint density at radius 1 is 1.07 bits per heavy atom. The van der Waals surface area contributed by atoms with Gasteiger partial charge >= 0.3 is 0 Å². The molecule has 2 aromatic carbocycles. The van der Waals surface area contributed by atoms with Crippen LogP contribution in [0, 0.1) is 0 Å². The van der Waals surface area contributed by atoms with Crippen molar-refractivity contribution >= 4 is 43.3 Å². The third kappa shape index (κ3) is 7.69. The zero-order valence-corrected chi connectivity index (χ0v) is 17.7. The fraction of sp³-hybridized carbons (Fsp3) is 0.263. The van der Waals surface area contributed by atoms with Gasteiger partial charge in [-0.15, -0.1) is 0 Å². The molecule has 2 rings (SSSR count). The normalized spacial score (nSPS) is 10.9. The molecule has 0 aliphatic carbocycles. The van der Waals surface area contributed by atoms with E-state index in [4.69, 9.17) is 4.74 Å². The van der Waals surface area contributed by atoms with E-state index < -0.39 is 21.5 Å². The smallest absolute Gasteiger partial charge is 0.257 e. The van der Waals surface area contributed by atoms with Crippen LogP contribution in [0.2, 0.25) is 0 Å². The average Bonchev–Trinajstić information content (AvgIpc) is 2.59. The maximum absolute atomic E-state index is 12.3. The number of rotatable bonds is 9. The molecule has 0 heterocycles. The number of amides is 2. The van der Waals surface area contributed by atoms with E-state index in [1.165, 1.54) is 6.07 Å². The Morgan fingerprint density at radius 3 is 2.54 bits per heavy atom.